The van der Waals surface area contributed by atoms with Gasteiger partial charge in [0, 0.05) is 11.5 Å². The van der Waals surface area contributed by atoms with Crippen molar-refractivity contribution in [3.8, 4) is 11.8 Å². The molecule has 3 N–H and O–H groups in total. The SMILES string of the molecule is NC(=O)c1ccoc1[C@H]1CCC[C@@](O)(C#Cc2cccc(F)c2)C1. The number of rotatable bonds is 2. The van der Waals surface area contributed by atoms with E-state index in [2.05, 4.69) is 11.8 Å². The van der Waals surface area contributed by atoms with Crippen LogP contribution in [0.1, 0.15) is 53.3 Å². The fourth-order valence-electron chi connectivity index (χ4n) is 3.19. The molecule has 4 nitrogen and oxygen atoms in total. The third-order valence-electron chi connectivity index (χ3n) is 4.32. The quantitative estimate of drug-likeness (QED) is 0.833. The number of hydrogen-bond donors (Lipinski definition) is 2. The van der Waals surface area contributed by atoms with Gasteiger partial charge in [-0.2, -0.15) is 0 Å². The number of amides is 1. The number of carbonyl (C=O) groups is 1. The molecule has 2 atom stereocenters. The second-order valence-electron chi connectivity index (χ2n) is 6.15. The molecule has 0 bridgehead atoms. The molecule has 1 aliphatic rings. The van der Waals surface area contributed by atoms with E-state index in [1.54, 1.807) is 18.2 Å². The van der Waals surface area contributed by atoms with Crippen LogP contribution in [0.4, 0.5) is 4.39 Å². The third-order valence-corrected chi connectivity index (χ3v) is 4.32. The minimum Gasteiger partial charge on any atom is -0.468 e. The molecule has 24 heavy (non-hydrogen) atoms. The van der Waals surface area contributed by atoms with Crippen molar-refractivity contribution in [2.24, 2.45) is 5.73 Å². The number of furan rings is 1. The van der Waals surface area contributed by atoms with Gasteiger partial charge in [-0.1, -0.05) is 17.9 Å². The number of hydrogen-bond acceptors (Lipinski definition) is 3. The van der Waals surface area contributed by atoms with Crippen molar-refractivity contribution >= 4 is 5.91 Å². The molecule has 1 aliphatic carbocycles. The number of carbonyl (C=O) groups excluding carboxylic acids is 1. The molecule has 1 amide bonds. The van der Waals surface area contributed by atoms with Crippen LogP contribution >= 0.6 is 0 Å². The summed E-state index contributed by atoms with van der Waals surface area (Å²) in [4.78, 5) is 11.5. The maximum Gasteiger partial charge on any atom is 0.252 e. The van der Waals surface area contributed by atoms with E-state index >= 15 is 0 Å². The fraction of sp³-hybridized carbons (Fsp3) is 0.316. The van der Waals surface area contributed by atoms with Gasteiger partial charge >= 0.3 is 0 Å². The molecule has 124 valence electrons. The summed E-state index contributed by atoms with van der Waals surface area (Å²) in [6.07, 6.45) is 3.85. The first-order chi connectivity index (χ1) is 11.5. The molecule has 0 spiro atoms. The van der Waals surface area contributed by atoms with Crippen LogP contribution in [-0.2, 0) is 0 Å². The highest BCUT2D eigenvalue weighted by Gasteiger charge is 2.36. The van der Waals surface area contributed by atoms with Gasteiger partial charge in [-0.15, -0.1) is 0 Å². The Morgan fingerprint density at radius 2 is 2.25 bits per heavy atom. The standard InChI is InChI=1S/C19H18FNO3/c20-15-5-1-3-13(11-15)6-9-19(23)8-2-4-14(12-19)17-16(18(21)22)7-10-24-17/h1,3,5,7,10-11,14,23H,2,4,8,12H2,(H2,21,22)/t14-,19+/m0/s1. The van der Waals surface area contributed by atoms with E-state index in [1.165, 1.54) is 18.4 Å². The minimum atomic E-state index is -1.20. The van der Waals surface area contributed by atoms with Crippen LogP contribution in [0.2, 0.25) is 0 Å². The molecule has 5 heteroatoms. The summed E-state index contributed by atoms with van der Waals surface area (Å²) in [6.45, 7) is 0. The van der Waals surface area contributed by atoms with Gasteiger partial charge in [0.1, 0.15) is 17.2 Å². The molecule has 0 saturated heterocycles. The zero-order chi connectivity index (χ0) is 17.2. The summed E-state index contributed by atoms with van der Waals surface area (Å²) in [7, 11) is 0. The lowest BCUT2D eigenvalue weighted by molar-refractivity contribution is 0.0483. The molecule has 0 unspecified atom stereocenters. The normalized spacial score (nSPS) is 23.3. The average molecular weight is 327 g/mol. The van der Waals surface area contributed by atoms with Crippen molar-refractivity contribution in [2.75, 3.05) is 0 Å². The molecular formula is C19H18FNO3. The summed E-state index contributed by atoms with van der Waals surface area (Å²) in [5, 5.41) is 10.8. The molecule has 1 aromatic heterocycles. The number of nitrogens with two attached hydrogens (primary N) is 1. The first-order valence-corrected chi connectivity index (χ1v) is 7.85. The van der Waals surface area contributed by atoms with Crippen molar-refractivity contribution in [3.05, 3.63) is 59.3 Å². The van der Waals surface area contributed by atoms with Crippen molar-refractivity contribution in [3.63, 3.8) is 0 Å². The minimum absolute atomic E-state index is 0.122. The van der Waals surface area contributed by atoms with E-state index in [0.717, 1.165) is 12.8 Å². The van der Waals surface area contributed by atoms with Crippen LogP contribution < -0.4 is 5.73 Å². The van der Waals surface area contributed by atoms with Crippen LogP contribution in [-0.4, -0.2) is 16.6 Å². The maximum atomic E-state index is 13.2. The summed E-state index contributed by atoms with van der Waals surface area (Å²) in [5.74, 6) is 5.18. The van der Waals surface area contributed by atoms with Gasteiger partial charge in [-0.3, -0.25) is 4.79 Å². The number of benzene rings is 1. The van der Waals surface area contributed by atoms with Crippen molar-refractivity contribution in [1.29, 1.82) is 0 Å². The van der Waals surface area contributed by atoms with Gasteiger partial charge in [0.15, 0.2) is 0 Å². The summed E-state index contributed by atoms with van der Waals surface area (Å²) < 4.78 is 18.6. The first kappa shape index (κ1) is 16.3. The van der Waals surface area contributed by atoms with Gasteiger partial charge in [-0.25, -0.2) is 4.39 Å². The van der Waals surface area contributed by atoms with Crippen molar-refractivity contribution < 1.29 is 18.7 Å². The van der Waals surface area contributed by atoms with E-state index in [4.69, 9.17) is 10.2 Å². The molecule has 0 aliphatic heterocycles. The Morgan fingerprint density at radius 3 is 3.00 bits per heavy atom. The Kier molecular flexibility index (Phi) is 4.41. The predicted octanol–water partition coefficient (Wildman–Crippen LogP) is 2.96. The largest absolute Gasteiger partial charge is 0.468 e. The Balaban J connectivity index is 1.82. The van der Waals surface area contributed by atoms with Gasteiger partial charge in [0.25, 0.3) is 5.91 Å². The molecule has 3 rings (SSSR count). The predicted molar refractivity (Wildman–Crippen MR) is 86.7 cm³/mol. The molecule has 1 saturated carbocycles. The van der Waals surface area contributed by atoms with E-state index < -0.39 is 11.5 Å². The van der Waals surface area contributed by atoms with E-state index in [0.29, 0.717) is 29.7 Å². The van der Waals surface area contributed by atoms with Crippen LogP contribution in [0.15, 0.2) is 41.0 Å². The average Bonchev–Trinajstić information content (AvgIpc) is 3.03. The van der Waals surface area contributed by atoms with E-state index in [-0.39, 0.29) is 11.7 Å². The first-order valence-electron chi connectivity index (χ1n) is 7.85. The lowest BCUT2D eigenvalue weighted by Gasteiger charge is -2.32. The van der Waals surface area contributed by atoms with Crippen LogP contribution in [0.5, 0.6) is 0 Å². The summed E-state index contributed by atoms with van der Waals surface area (Å²) in [5.41, 5.74) is 5.02. The number of halogens is 1. The smallest absolute Gasteiger partial charge is 0.252 e. The van der Waals surface area contributed by atoms with Gasteiger partial charge in [0.2, 0.25) is 0 Å². The summed E-state index contributed by atoms with van der Waals surface area (Å²) >= 11 is 0. The fourth-order valence-corrected chi connectivity index (χ4v) is 3.19. The highest BCUT2D eigenvalue weighted by molar-refractivity contribution is 5.93. The lowest BCUT2D eigenvalue weighted by Crippen LogP contribution is -2.33. The van der Waals surface area contributed by atoms with Gasteiger partial charge in [-0.05, 0) is 49.9 Å². The zero-order valence-corrected chi connectivity index (χ0v) is 13.1. The molecule has 1 heterocycles. The number of primary amides is 1. The number of aliphatic hydroxyl groups is 1. The maximum absolute atomic E-state index is 13.2. The molecular weight excluding hydrogens is 309 g/mol. The van der Waals surface area contributed by atoms with Crippen LogP contribution in [0.25, 0.3) is 0 Å². The van der Waals surface area contributed by atoms with Crippen LogP contribution in [0, 0.1) is 17.7 Å². The highest BCUT2D eigenvalue weighted by atomic mass is 19.1. The zero-order valence-electron chi connectivity index (χ0n) is 13.1. The Morgan fingerprint density at radius 1 is 1.42 bits per heavy atom. The second-order valence-corrected chi connectivity index (χ2v) is 6.15. The molecule has 2 aromatic rings. The monoisotopic (exact) mass is 327 g/mol. The second kappa shape index (κ2) is 6.50. The topological polar surface area (TPSA) is 76.5 Å². The van der Waals surface area contributed by atoms with Gasteiger partial charge in [0.05, 0.1) is 11.8 Å². The molecule has 0 radical (unpaired) electrons. The van der Waals surface area contributed by atoms with Crippen molar-refractivity contribution in [1.82, 2.24) is 0 Å². The Labute approximate surface area is 139 Å². The Hall–Kier alpha value is -2.58. The Bertz CT molecular complexity index is 817. The lowest BCUT2D eigenvalue weighted by atomic mass is 9.76. The molecule has 1 fully saturated rings. The molecule has 1 aromatic carbocycles. The van der Waals surface area contributed by atoms with Crippen molar-refractivity contribution in [2.45, 2.75) is 37.2 Å². The van der Waals surface area contributed by atoms with Gasteiger partial charge < -0.3 is 15.3 Å². The van der Waals surface area contributed by atoms with E-state index in [1.807, 2.05) is 0 Å². The van der Waals surface area contributed by atoms with Crippen LogP contribution in [0.3, 0.4) is 0 Å². The summed E-state index contributed by atoms with van der Waals surface area (Å²) in [6, 6.07) is 7.49. The van der Waals surface area contributed by atoms with E-state index in [9.17, 15) is 14.3 Å². The third kappa shape index (κ3) is 3.50. The highest BCUT2D eigenvalue weighted by Crippen LogP contribution is 2.39.